The Morgan fingerprint density at radius 3 is 2.41 bits per heavy atom. The number of carbonyl (C=O) groups excluding carboxylic acids is 2. The molecule has 1 aliphatic rings. The first-order valence-electron chi connectivity index (χ1n) is 6.79. The fourth-order valence-electron chi connectivity index (χ4n) is 2.81. The molecule has 6 nitrogen and oxygen atoms in total. The number of benzene rings is 1. The molecule has 114 valence electrons. The zero-order valence-electron chi connectivity index (χ0n) is 11.7. The average molecular weight is 319 g/mol. The van der Waals surface area contributed by atoms with E-state index in [1.807, 2.05) is 41.1 Å². The number of urea groups is 1. The molecule has 3 amide bonds. The topological polar surface area (TPSA) is 94.3 Å². The van der Waals surface area contributed by atoms with Crippen molar-refractivity contribution in [3.63, 3.8) is 0 Å². The van der Waals surface area contributed by atoms with Gasteiger partial charge in [0.1, 0.15) is 5.50 Å². The van der Waals surface area contributed by atoms with Gasteiger partial charge in [0.05, 0.1) is 11.3 Å². The van der Waals surface area contributed by atoms with Crippen LogP contribution in [0.15, 0.2) is 36.5 Å². The Bertz CT molecular complexity index is 742. The third kappa shape index (κ3) is 2.21. The van der Waals surface area contributed by atoms with E-state index in [0.717, 1.165) is 5.56 Å². The number of halogens is 1. The number of nitrogens with two attached hydrogens (primary N) is 2. The highest BCUT2D eigenvalue weighted by Gasteiger charge is 2.34. The first kappa shape index (κ1) is 14.5. The lowest BCUT2D eigenvalue weighted by Gasteiger charge is -2.32. The first-order chi connectivity index (χ1) is 10.5. The molecule has 2 heterocycles. The van der Waals surface area contributed by atoms with E-state index in [4.69, 9.17) is 23.1 Å². The van der Waals surface area contributed by atoms with Crippen molar-refractivity contribution in [2.24, 2.45) is 11.5 Å². The molecule has 0 radical (unpaired) electrons. The van der Waals surface area contributed by atoms with E-state index in [9.17, 15) is 9.59 Å². The van der Waals surface area contributed by atoms with Gasteiger partial charge >= 0.3 is 6.03 Å². The van der Waals surface area contributed by atoms with Crippen molar-refractivity contribution in [3.8, 4) is 11.1 Å². The summed E-state index contributed by atoms with van der Waals surface area (Å²) < 4.78 is 1.86. The summed E-state index contributed by atoms with van der Waals surface area (Å²) in [7, 11) is 0. The van der Waals surface area contributed by atoms with E-state index in [0.29, 0.717) is 29.9 Å². The summed E-state index contributed by atoms with van der Waals surface area (Å²) in [5, 5.41) is 0. The second kappa shape index (κ2) is 5.38. The van der Waals surface area contributed by atoms with Crippen molar-refractivity contribution >= 4 is 23.5 Å². The normalized spacial score (nSPS) is 17.1. The van der Waals surface area contributed by atoms with Gasteiger partial charge in [-0.25, -0.2) is 4.79 Å². The molecule has 3 rings (SSSR count). The summed E-state index contributed by atoms with van der Waals surface area (Å²) in [5.74, 6) is -0.579. The zero-order chi connectivity index (χ0) is 15.9. The molecule has 4 N–H and O–H groups in total. The number of amides is 3. The number of nitrogens with zero attached hydrogens (tertiary/aromatic N) is 2. The zero-order valence-corrected chi connectivity index (χ0v) is 12.5. The number of primary amides is 2. The second-order valence-electron chi connectivity index (χ2n) is 5.09. The molecule has 0 saturated heterocycles. The van der Waals surface area contributed by atoms with Crippen LogP contribution in [0.2, 0.25) is 0 Å². The third-order valence-corrected chi connectivity index (χ3v) is 4.26. The first-order valence-corrected chi connectivity index (χ1v) is 7.22. The minimum absolute atomic E-state index is 0.331. The number of rotatable bonds is 2. The van der Waals surface area contributed by atoms with E-state index in [2.05, 4.69) is 0 Å². The number of carbonyl (C=O) groups is 2. The Kier molecular flexibility index (Phi) is 3.54. The highest BCUT2D eigenvalue weighted by molar-refractivity contribution is 6.22. The highest BCUT2D eigenvalue weighted by atomic mass is 35.5. The molecular weight excluding hydrogens is 304 g/mol. The number of alkyl halides is 1. The van der Waals surface area contributed by atoms with Crippen molar-refractivity contribution < 1.29 is 9.59 Å². The van der Waals surface area contributed by atoms with Crippen LogP contribution in [0.25, 0.3) is 11.1 Å². The minimum Gasteiger partial charge on any atom is -0.366 e. The van der Waals surface area contributed by atoms with Gasteiger partial charge in [-0.1, -0.05) is 41.9 Å². The van der Waals surface area contributed by atoms with Gasteiger partial charge in [-0.15, -0.1) is 0 Å². The van der Waals surface area contributed by atoms with Crippen molar-refractivity contribution in [1.29, 1.82) is 0 Å². The van der Waals surface area contributed by atoms with Gasteiger partial charge in [0.25, 0.3) is 5.91 Å². The van der Waals surface area contributed by atoms with Crippen LogP contribution in [-0.2, 0) is 6.54 Å². The number of fused-ring (bicyclic) bond motifs is 1. The quantitative estimate of drug-likeness (QED) is 0.653. The molecule has 0 fully saturated rings. The van der Waals surface area contributed by atoms with Crippen molar-refractivity contribution in [2.45, 2.75) is 12.0 Å². The molecule has 2 aromatic rings. The molecule has 1 aliphatic heterocycles. The van der Waals surface area contributed by atoms with Gasteiger partial charge < -0.3 is 20.9 Å². The number of hydrogen-bond donors (Lipinski definition) is 2. The molecule has 7 heteroatoms. The van der Waals surface area contributed by atoms with E-state index in [1.54, 1.807) is 0 Å². The van der Waals surface area contributed by atoms with E-state index in [1.165, 1.54) is 4.90 Å². The third-order valence-electron chi connectivity index (χ3n) is 3.82. The Morgan fingerprint density at radius 2 is 1.82 bits per heavy atom. The molecule has 0 bridgehead atoms. The molecule has 1 unspecified atom stereocenters. The maximum absolute atomic E-state index is 12.0. The largest absolute Gasteiger partial charge is 0.366 e. The summed E-state index contributed by atoms with van der Waals surface area (Å²) in [6, 6.07) is 8.81. The summed E-state index contributed by atoms with van der Waals surface area (Å²) in [4.78, 5) is 24.8. The smallest absolute Gasteiger partial charge is 0.316 e. The van der Waals surface area contributed by atoms with Crippen LogP contribution < -0.4 is 11.5 Å². The van der Waals surface area contributed by atoms with Crippen LogP contribution in [0, 0.1) is 0 Å². The van der Waals surface area contributed by atoms with Crippen LogP contribution in [0.4, 0.5) is 4.79 Å². The Hall–Kier alpha value is -2.47. The fourth-order valence-corrected chi connectivity index (χ4v) is 3.23. The summed E-state index contributed by atoms with van der Waals surface area (Å²) in [5.41, 5.74) is 12.5. The Balaban J connectivity index is 2.19. The summed E-state index contributed by atoms with van der Waals surface area (Å²) >= 11 is 6.35. The lowest BCUT2D eigenvalue weighted by molar-refractivity contribution is 0.0997. The standard InChI is InChI=1S/C15H15ClN4O2/c16-13-12-11(14(17)21)10(9-4-2-1-3-5-9)8-19(12)6-7-20(13)15(18)22/h1-5,8,13H,6-7H2,(H2,17,21)(H2,18,22). The van der Waals surface area contributed by atoms with E-state index >= 15 is 0 Å². The van der Waals surface area contributed by atoms with Gasteiger partial charge in [0.2, 0.25) is 0 Å². The maximum Gasteiger partial charge on any atom is 0.316 e. The summed E-state index contributed by atoms with van der Waals surface area (Å²) in [6.45, 7) is 0.895. The lowest BCUT2D eigenvalue weighted by Crippen LogP contribution is -2.43. The predicted octanol–water partition coefficient (Wildman–Crippen LogP) is 1.89. The number of aromatic nitrogens is 1. The molecule has 22 heavy (non-hydrogen) atoms. The number of hydrogen-bond acceptors (Lipinski definition) is 2. The van der Waals surface area contributed by atoms with E-state index < -0.39 is 17.4 Å². The van der Waals surface area contributed by atoms with Crippen molar-refractivity contribution in [3.05, 3.63) is 47.8 Å². The van der Waals surface area contributed by atoms with Crippen molar-refractivity contribution in [2.75, 3.05) is 6.54 Å². The lowest BCUT2D eigenvalue weighted by atomic mass is 10.0. The minimum atomic E-state index is -0.814. The van der Waals surface area contributed by atoms with Crippen LogP contribution in [0.3, 0.4) is 0 Å². The summed E-state index contributed by atoms with van der Waals surface area (Å²) in [6.07, 6.45) is 1.85. The molecule has 0 saturated carbocycles. The van der Waals surface area contributed by atoms with Crippen LogP contribution in [0.5, 0.6) is 0 Å². The SMILES string of the molecule is NC(=O)c1c(-c2ccccc2)cn2c1C(Cl)N(C(N)=O)CC2. The molecule has 1 aromatic heterocycles. The maximum atomic E-state index is 12.0. The molecule has 1 atom stereocenters. The van der Waals surface area contributed by atoms with Gasteiger partial charge in [-0.05, 0) is 5.56 Å². The predicted molar refractivity (Wildman–Crippen MR) is 83.3 cm³/mol. The highest BCUT2D eigenvalue weighted by Crippen LogP contribution is 2.37. The molecule has 0 spiro atoms. The molecule has 0 aliphatic carbocycles. The molecule has 1 aromatic carbocycles. The fraction of sp³-hybridized carbons (Fsp3) is 0.200. The average Bonchev–Trinajstić information content (AvgIpc) is 2.88. The molecular formula is C15H15ClN4O2. The van der Waals surface area contributed by atoms with Gasteiger partial charge in [0, 0.05) is 24.8 Å². The van der Waals surface area contributed by atoms with Gasteiger partial charge in [-0.3, -0.25) is 4.79 Å². The van der Waals surface area contributed by atoms with Crippen molar-refractivity contribution in [1.82, 2.24) is 9.47 Å². The van der Waals surface area contributed by atoms with Crippen LogP contribution in [0.1, 0.15) is 21.6 Å². The second-order valence-corrected chi connectivity index (χ2v) is 5.51. The van der Waals surface area contributed by atoms with Crippen LogP contribution in [-0.4, -0.2) is 28.0 Å². The van der Waals surface area contributed by atoms with Crippen LogP contribution >= 0.6 is 11.6 Å². The Labute approximate surface area is 132 Å². The Morgan fingerprint density at radius 1 is 1.14 bits per heavy atom. The van der Waals surface area contributed by atoms with Gasteiger partial charge in [0.15, 0.2) is 0 Å². The van der Waals surface area contributed by atoms with E-state index in [-0.39, 0.29) is 0 Å². The monoisotopic (exact) mass is 318 g/mol. The van der Waals surface area contributed by atoms with Gasteiger partial charge in [-0.2, -0.15) is 0 Å².